The second kappa shape index (κ2) is 6.58. The molecule has 0 saturated heterocycles. The number of anilines is 1. The second-order valence-electron chi connectivity index (χ2n) is 4.42. The fraction of sp³-hybridized carbons (Fsp3) is 0.250. The summed E-state index contributed by atoms with van der Waals surface area (Å²) in [5.41, 5.74) is 0.931. The van der Waals surface area contributed by atoms with Gasteiger partial charge in [0.15, 0.2) is 5.15 Å². The Kier molecular flexibility index (Phi) is 4.97. The normalized spacial score (nSPS) is 11.5. The molecule has 0 atom stereocenters. The monoisotopic (exact) mass is 344 g/mol. The number of aromatic nitrogens is 3. The number of hydrogen-bond acceptors (Lipinski definition) is 4. The quantitative estimate of drug-likeness (QED) is 0.795. The van der Waals surface area contributed by atoms with E-state index < -0.39 is 19.7 Å². The van der Waals surface area contributed by atoms with Crippen molar-refractivity contribution in [2.24, 2.45) is 0 Å². The first-order chi connectivity index (χ1) is 10.3. The van der Waals surface area contributed by atoms with Gasteiger partial charge in [-0.1, -0.05) is 11.6 Å². The molecule has 2 aromatic rings. The van der Waals surface area contributed by atoms with Gasteiger partial charge in [-0.3, -0.25) is 14.3 Å². The molecule has 0 fully saturated rings. The highest BCUT2D eigenvalue weighted by molar-refractivity contribution is 7.52. The molecule has 0 aromatic carbocycles. The van der Waals surface area contributed by atoms with Crippen LogP contribution in [-0.2, 0) is 9.36 Å². The van der Waals surface area contributed by atoms with Gasteiger partial charge in [0.1, 0.15) is 11.8 Å². The van der Waals surface area contributed by atoms with Crippen LogP contribution in [0.15, 0.2) is 30.7 Å². The average molecular weight is 345 g/mol. The largest absolute Gasteiger partial charge is 0.334 e. The van der Waals surface area contributed by atoms with Crippen molar-refractivity contribution >= 4 is 30.8 Å². The molecule has 22 heavy (non-hydrogen) atoms. The highest BCUT2D eigenvalue weighted by atomic mass is 35.5. The summed E-state index contributed by atoms with van der Waals surface area (Å²) in [7, 11) is -4.45. The Hall–Kier alpha value is -1.73. The van der Waals surface area contributed by atoms with Crippen LogP contribution in [0.1, 0.15) is 6.92 Å². The lowest BCUT2D eigenvalue weighted by Gasteiger charge is -2.19. The van der Waals surface area contributed by atoms with Crippen LogP contribution in [0, 0.1) is 0 Å². The third-order valence-electron chi connectivity index (χ3n) is 2.81. The van der Waals surface area contributed by atoms with E-state index in [0.29, 0.717) is 5.69 Å². The molecule has 0 saturated carbocycles. The van der Waals surface area contributed by atoms with Gasteiger partial charge < -0.3 is 14.7 Å². The van der Waals surface area contributed by atoms with Crippen molar-refractivity contribution in [3.05, 3.63) is 35.9 Å². The molecule has 8 nitrogen and oxygen atoms in total. The molecule has 0 aliphatic rings. The molecular weight excluding hydrogens is 331 g/mol. The summed E-state index contributed by atoms with van der Waals surface area (Å²) >= 11 is 6.04. The smallest absolute Gasteiger partial charge is 0.324 e. The van der Waals surface area contributed by atoms with Crippen molar-refractivity contribution in [1.29, 1.82) is 0 Å². The summed E-state index contributed by atoms with van der Waals surface area (Å²) in [5.74, 6) is -0.719. The van der Waals surface area contributed by atoms with Crippen LogP contribution in [0.25, 0.3) is 5.69 Å². The van der Waals surface area contributed by atoms with Gasteiger partial charge in [-0.2, -0.15) is 5.10 Å². The maximum Gasteiger partial charge on any atom is 0.334 e. The van der Waals surface area contributed by atoms with E-state index in [9.17, 15) is 9.36 Å². The van der Waals surface area contributed by atoms with Crippen molar-refractivity contribution in [1.82, 2.24) is 14.8 Å². The van der Waals surface area contributed by atoms with Gasteiger partial charge >= 0.3 is 7.60 Å². The molecule has 0 unspecified atom stereocenters. The molecule has 2 aromatic heterocycles. The van der Waals surface area contributed by atoms with Crippen LogP contribution in [0.3, 0.4) is 0 Å². The summed E-state index contributed by atoms with van der Waals surface area (Å²) in [6.07, 6.45) is 3.81. The predicted molar refractivity (Wildman–Crippen MR) is 81.3 cm³/mol. The molecule has 0 aliphatic carbocycles. The molecule has 0 bridgehead atoms. The van der Waals surface area contributed by atoms with Crippen LogP contribution in [0.2, 0.25) is 5.15 Å². The molecule has 0 radical (unpaired) electrons. The number of nitrogens with zero attached hydrogens (tertiary/aromatic N) is 4. The first-order valence-corrected chi connectivity index (χ1v) is 8.50. The Morgan fingerprint density at radius 1 is 1.50 bits per heavy atom. The van der Waals surface area contributed by atoms with E-state index in [1.54, 1.807) is 31.5 Å². The van der Waals surface area contributed by atoms with Crippen molar-refractivity contribution in [2.45, 2.75) is 6.92 Å². The van der Waals surface area contributed by atoms with Gasteiger partial charge in [0, 0.05) is 12.7 Å². The van der Waals surface area contributed by atoms with E-state index in [1.165, 1.54) is 15.8 Å². The van der Waals surface area contributed by atoms with Crippen LogP contribution < -0.4 is 4.90 Å². The number of rotatable bonds is 5. The van der Waals surface area contributed by atoms with E-state index in [-0.39, 0.29) is 17.4 Å². The van der Waals surface area contributed by atoms with Gasteiger partial charge in [0.05, 0.1) is 18.1 Å². The van der Waals surface area contributed by atoms with Crippen molar-refractivity contribution in [3.8, 4) is 5.69 Å². The number of carbonyl (C=O) groups excluding carboxylic acids is 1. The number of hydrogen-bond donors (Lipinski definition) is 2. The van der Waals surface area contributed by atoms with E-state index in [2.05, 4.69) is 10.1 Å². The van der Waals surface area contributed by atoms with E-state index in [0.717, 1.165) is 0 Å². The lowest BCUT2D eigenvalue weighted by atomic mass is 10.4. The van der Waals surface area contributed by atoms with Crippen LogP contribution in [0.5, 0.6) is 0 Å². The van der Waals surface area contributed by atoms with E-state index >= 15 is 0 Å². The summed E-state index contributed by atoms with van der Waals surface area (Å²) in [4.78, 5) is 35.0. The Morgan fingerprint density at radius 3 is 2.77 bits per heavy atom. The predicted octanol–water partition coefficient (Wildman–Crippen LogP) is 1.45. The fourth-order valence-corrected chi connectivity index (χ4v) is 2.64. The summed E-state index contributed by atoms with van der Waals surface area (Å²) in [6.45, 7) is 1.88. The maximum absolute atomic E-state index is 12.0. The van der Waals surface area contributed by atoms with Gasteiger partial charge in [0.2, 0.25) is 5.91 Å². The Balaban J connectivity index is 2.33. The summed E-state index contributed by atoms with van der Waals surface area (Å²) < 4.78 is 12.4. The average Bonchev–Trinajstić information content (AvgIpc) is 2.81. The van der Waals surface area contributed by atoms with E-state index in [1.807, 2.05) is 0 Å². The zero-order valence-electron chi connectivity index (χ0n) is 11.6. The number of amides is 1. The fourth-order valence-electron chi connectivity index (χ4n) is 1.89. The molecule has 2 rings (SSSR count). The minimum absolute atomic E-state index is 0.0600. The third kappa shape index (κ3) is 3.92. The van der Waals surface area contributed by atoms with Crippen LogP contribution in [-0.4, -0.2) is 43.2 Å². The molecular formula is C12H14ClN4O4P. The first kappa shape index (κ1) is 16.6. The first-order valence-electron chi connectivity index (χ1n) is 6.32. The van der Waals surface area contributed by atoms with E-state index in [4.69, 9.17) is 21.4 Å². The molecule has 1 amide bonds. The lowest BCUT2D eigenvalue weighted by Crippen LogP contribution is -2.33. The highest BCUT2D eigenvalue weighted by Crippen LogP contribution is 2.35. The Bertz CT molecular complexity index is 715. The lowest BCUT2D eigenvalue weighted by molar-refractivity contribution is -0.116. The van der Waals surface area contributed by atoms with Crippen molar-refractivity contribution < 1.29 is 19.1 Å². The van der Waals surface area contributed by atoms with Gasteiger partial charge in [-0.05, 0) is 19.1 Å². The third-order valence-corrected chi connectivity index (χ3v) is 3.76. The van der Waals surface area contributed by atoms with Gasteiger partial charge in [-0.25, -0.2) is 4.68 Å². The summed E-state index contributed by atoms with van der Waals surface area (Å²) in [6, 6.07) is 3.48. The zero-order valence-corrected chi connectivity index (χ0v) is 13.3. The molecule has 2 N–H and O–H groups in total. The minimum atomic E-state index is -4.45. The number of pyridine rings is 1. The Labute approximate surface area is 131 Å². The second-order valence-corrected chi connectivity index (χ2v) is 6.43. The molecule has 0 aliphatic heterocycles. The Morgan fingerprint density at radius 2 is 2.23 bits per heavy atom. The SMILES string of the molecule is CCN(C(=O)CP(=O)(O)O)c1cn(-c2cccnc2)nc1Cl. The highest BCUT2D eigenvalue weighted by Gasteiger charge is 2.26. The molecule has 118 valence electrons. The van der Waals surface area contributed by atoms with Gasteiger partial charge in [0.25, 0.3) is 0 Å². The van der Waals surface area contributed by atoms with Crippen LogP contribution in [0.4, 0.5) is 5.69 Å². The molecule has 0 spiro atoms. The van der Waals surface area contributed by atoms with Crippen molar-refractivity contribution in [2.75, 3.05) is 17.6 Å². The standard InChI is InChI=1S/C12H14ClN4O4P/c1-2-16(11(18)8-22(19,20)21)10-7-17(15-12(10)13)9-4-3-5-14-6-9/h3-7H,2,8H2,1H3,(H2,19,20,21). The topological polar surface area (TPSA) is 109 Å². The molecule has 2 heterocycles. The van der Waals surface area contributed by atoms with Crippen LogP contribution >= 0.6 is 19.2 Å². The maximum atomic E-state index is 12.0. The number of halogens is 1. The zero-order chi connectivity index (χ0) is 16.3. The summed E-state index contributed by atoms with van der Waals surface area (Å²) in [5, 5.41) is 4.14. The number of carbonyl (C=O) groups is 1. The minimum Gasteiger partial charge on any atom is -0.324 e. The van der Waals surface area contributed by atoms with Crippen molar-refractivity contribution in [3.63, 3.8) is 0 Å². The van der Waals surface area contributed by atoms with Gasteiger partial charge in [-0.15, -0.1) is 0 Å². The molecule has 10 heteroatoms.